The molecule has 1 amide bonds. The van der Waals surface area contributed by atoms with Crippen LogP contribution in [0.4, 0.5) is 10.2 Å². The normalized spacial score (nSPS) is 17.3. The number of hydrogen-bond donors (Lipinski definition) is 0. The van der Waals surface area contributed by atoms with E-state index in [2.05, 4.69) is 39.0 Å². The van der Waals surface area contributed by atoms with E-state index in [-0.39, 0.29) is 17.8 Å². The fourth-order valence-corrected chi connectivity index (χ4v) is 4.92. The molecule has 0 saturated carbocycles. The monoisotopic (exact) mass is 500 g/mol. The molecule has 7 heteroatoms. The molecule has 0 bridgehead atoms. The predicted octanol–water partition coefficient (Wildman–Crippen LogP) is 4.63. The van der Waals surface area contributed by atoms with Gasteiger partial charge in [-0.3, -0.25) is 9.69 Å². The van der Waals surface area contributed by atoms with E-state index in [0.717, 1.165) is 57.1 Å². The first kappa shape index (κ1) is 25.0. The van der Waals surface area contributed by atoms with Crippen molar-refractivity contribution < 1.29 is 13.9 Å². The number of rotatable bonds is 7. The molecule has 3 aromatic rings. The maximum atomic E-state index is 13.3. The molecule has 0 radical (unpaired) electrons. The van der Waals surface area contributed by atoms with Gasteiger partial charge in [0, 0.05) is 70.9 Å². The van der Waals surface area contributed by atoms with Crippen molar-refractivity contribution in [1.82, 2.24) is 14.8 Å². The lowest BCUT2D eigenvalue weighted by molar-refractivity contribution is -0.127. The number of anilines is 1. The summed E-state index contributed by atoms with van der Waals surface area (Å²) in [6, 6.07) is 20.7. The van der Waals surface area contributed by atoms with E-state index < -0.39 is 0 Å². The quantitative estimate of drug-likeness (QED) is 0.443. The van der Waals surface area contributed by atoms with Crippen LogP contribution in [0.15, 0.2) is 79.0 Å². The number of piperazine rings is 1. The molecule has 2 aliphatic rings. The maximum Gasteiger partial charge on any atom is 0.246 e. The maximum absolute atomic E-state index is 13.3. The molecule has 2 fully saturated rings. The van der Waals surface area contributed by atoms with Gasteiger partial charge in [0.05, 0.1) is 0 Å². The molecule has 0 aliphatic carbocycles. The van der Waals surface area contributed by atoms with Gasteiger partial charge in [-0.15, -0.1) is 0 Å². The minimum Gasteiger partial charge on any atom is -0.490 e. The molecule has 192 valence electrons. The van der Waals surface area contributed by atoms with Gasteiger partial charge in [0.15, 0.2) is 0 Å². The molecule has 2 saturated heterocycles. The van der Waals surface area contributed by atoms with E-state index in [1.165, 1.54) is 23.8 Å². The molecule has 6 nitrogen and oxygen atoms in total. The van der Waals surface area contributed by atoms with Crippen molar-refractivity contribution in [1.29, 1.82) is 0 Å². The van der Waals surface area contributed by atoms with Gasteiger partial charge in [-0.05, 0) is 53.6 Å². The summed E-state index contributed by atoms with van der Waals surface area (Å²) in [4.78, 5) is 23.7. The fourth-order valence-electron chi connectivity index (χ4n) is 4.92. The highest BCUT2D eigenvalue weighted by atomic mass is 19.1. The Balaban J connectivity index is 1.07. The summed E-state index contributed by atoms with van der Waals surface area (Å²) in [5.41, 5.74) is 1.93. The molecule has 5 rings (SSSR count). The number of halogens is 1. The fraction of sp³-hybridized carbons (Fsp3) is 0.333. The third-order valence-electron chi connectivity index (χ3n) is 6.97. The van der Waals surface area contributed by atoms with E-state index in [1.54, 1.807) is 18.2 Å². The zero-order valence-corrected chi connectivity index (χ0v) is 21.0. The van der Waals surface area contributed by atoms with Crippen molar-refractivity contribution in [2.45, 2.75) is 25.5 Å². The van der Waals surface area contributed by atoms with Crippen molar-refractivity contribution in [3.63, 3.8) is 0 Å². The van der Waals surface area contributed by atoms with Gasteiger partial charge in [-0.1, -0.05) is 30.3 Å². The molecule has 1 aromatic heterocycles. The molecule has 37 heavy (non-hydrogen) atoms. The second-order valence-electron chi connectivity index (χ2n) is 9.63. The average molecular weight is 501 g/mol. The van der Waals surface area contributed by atoms with Crippen LogP contribution in [0.1, 0.15) is 24.0 Å². The third kappa shape index (κ3) is 6.95. The van der Waals surface area contributed by atoms with Crippen molar-refractivity contribution in [2.75, 3.05) is 44.2 Å². The van der Waals surface area contributed by atoms with E-state index in [9.17, 15) is 9.18 Å². The minimum atomic E-state index is -0.306. The summed E-state index contributed by atoms with van der Waals surface area (Å²) >= 11 is 0. The van der Waals surface area contributed by atoms with Crippen molar-refractivity contribution in [3.05, 3.63) is 95.9 Å². The number of carbonyl (C=O) groups is 1. The number of benzene rings is 2. The molecule has 0 atom stereocenters. The lowest BCUT2D eigenvalue weighted by Crippen LogP contribution is -2.46. The number of aromatic nitrogens is 1. The van der Waals surface area contributed by atoms with Crippen LogP contribution in [0.25, 0.3) is 6.08 Å². The Morgan fingerprint density at radius 2 is 1.76 bits per heavy atom. The van der Waals surface area contributed by atoms with Gasteiger partial charge in [0.2, 0.25) is 5.91 Å². The molecular weight excluding hydrogens is 467 g/mol. The largest absolute Gasteiger partial charge is 0.490 e. The zero-order chi connectivity index (χ0) is 25.5. The highest BCUT2D eigenvalue weighted by Crippen LogP contribution is 2.22. The Bertz CT molecular complexity index is 1200. The number of likely N-dealkylation sites (tertiary alicyclic amines) is 1. The van der Waals surface area contributed by atoms with Crippen LogP contribution in [0.3, 0.4) is 0 Å². The van der Waals surface area contributed by atoms with Gasteiger partial charge >= 0.3 is 0 Å². The highest BCUT2D eigenvalue weighted by molar-refractivity contribution is 5.91. The number of amides is 1. The second-order valence-corrected chi connectivity index (χ2v) is 9.63. The van der Waals surface area contributed by atoms with E-state index >= 15 is 0 Å². The number of ether oxygens (including phenoxy) is 1. The van der Waals surface area contributed by atoms with Crippen molar-refractivity contribution in [3.8, 4) is 5.75 Å². The Morgan fingerprint density at radius 3 is 2.51 bits per heavy atom. The van der Waals surface area contributed by atoms with Crippen LogP contribution in [-0.4, -0.2) is 66.1 Å². The molecule has 0 N–H and O–H groups in total. The lowest BCUT2D eigenvalue weighted by Gasteiger charge is -2.35. The van der Waals surface area contributed by atoms with E-state index in [4.69, 9.17) is 4.74 Å². The van der Waals surface area contributed by atoms with E-state index in [0.29, 0.717) is 18.7 Å². The van der Waals surface area contributed by atoms with Gasteiger partial charge < -0.3 is 14.5 Å². The van der Waals surface area contributed by atoms with Crippen LogP contribution < -0.4 is 9.64 Å². The number of hydrogen-bond acceptors (Lipinski definition) is 5. The summed E-state index contributed by atoms with van der Waals surface area (Å²) < 4.78 is 19.6. The number of nitrogens with zero attached hydrogens (tertiary/aromatic N) is 4. The number of carbonyl (C=O) groups excluding carboxylic acids is 1. The number of piperidine rings is 1. The second kappa shape index (κ2) is 12.0. The van der Waals surface area contributed by atoms with Gasteiger partial charge in [-0.25, -0.2) is 9.37 Å². The minimum absolute atomic E-state index is 0.0483. The summed E-state index contributed by atoms with van der Waals surface area (Å²) in [7, 11) is 0. The van der Waals surface area contributed by atoms with E-state index in [1.807, 2.05) is 29.3 Å². The first-order valence-corrected chi connectivity index (χ1v) is 13.0. The average Bonchev–Trinajstić information content (AvgIpc) is 2.93. The molecule has 3 heterocycles. The van der Waals surface area contributed by atoms with Crippen LogP contribution in [0, 0.1) is 5.82 Å². The first-order chi connectivity index (χ1) is 18.1. The summed E-state index contributed by atoms with van der Waals surface area (Å²) in [6.45, 7) is 6.15. The molecule has 2 aromatic carbocycles. The molecule has 0 spiro atoms. The Hall–Kier alpha value is -3.71. The summed E-state index contributed by atoms with van der Waals surface area (Å²) in [6.07, 6.45) is 6.71. The van der Waals surface area contributed by atoms with Gasteiger partial charge in [-0.2, -0.15) is 0 Å². The summed E-state index contributed by atoms with van der Waals surface area (Å²) in [5, 5.41) is 0. The number of pyridine rings is 1. The molecule has 0 unspecified atom stereocenters. The van der Waals surface area contributed by atoms with Crippen LogP contribution in [0.5, 0.6) is 5.75 Å². The van der Waals surface area contributed by atoms with Gasteiger partial charge in [0.1, 0.15) is 23.5 Å². The zero-order valence-electron chi connectivity index (χ0n) is 21.0. The van der Waals surface area contributed by atoms with Crippen LogP contribution in [0.2, 0.25) is 0 Å². The SMILES string of the molecule is O=C(/C=C/c1cccc(F)c1)N1CCC(Oc2cccc(CN3CCN(c4ccccn4)CC3)c2)CC1. The van der Waals surface area contributed by atoms with Crippen LogP contribution in [-0.2, 0) is 11.3 Å². The Kier molecular flexibility index (Phi) is 8.11. The van der Waals surface area contributed by atoms with Crippen molar-refractivity contribution >= 4 is 17.8 Å². The smallest absolute Gasteiger partial charge is 0.246 e. The lowest BCUT2D eigenvalue weighted by atomic mass is 10.1. The highest BCUT2D eigenvalue weighted by Gasteiger charge is 2.23. The predicted molar refractivity (Wildman–Crippen MR) is 144 cm³/mol. The summed E-state index contributed by atoms with van der Waals surface area (Å²) in [5.74, 6) is 1.58. The molecular formula is C30H33FN4O2. The van der Waals surface area contributed by atoms with Gasteiger partial charge in [0.25, 0.3) is 0 Å². The standard InChI is InChI=1S/C30H33FN4O2/c31-26-7-3-5-24(21-26)10-11-30(36)35-15-12-27(13-16-35)37-28-8-4-6-25(22-28)23-33-17-19-34(20-18-33)29-9-1-2-14-32-29/h1-11,14,21-22,27H,12-13,15-20,23H2/b11-10+. The topological polar surface area (TPSA) is 48.9 Å². The van der Waals surface area contributed by atoms with Crippen LogP contribution >= 0.6 is 0 Å². The molecule has 2 aliphatic heterocycles. The first-order valence-electron chi connectivity index (χ1n) is 13.0. The Labute approximate surface area is 218 Å². The van der Waals surface area contributed by atoms with Crippen molar-refractivity contribution in [2.24, 2.45) is 0 Å². The Morgan fingerprint density at radius 1 is 0.946 bits per heavy atom. The third-order valence-corrected chi connectivity index (χ3v) is 6.97.